The van der Waals surface area contributed by atoms with E-state index in [9.17, 15) is 19.7 Å². The number of carbonyl (C=O) groups excluding carboxylic acids is 2. The first-order valence-corrected chi connectivity index (χ1v) is 5.42. The van der Waals surface area contributed by atoms with Crippen LogP contribution in [0.15, 0.2) is 18.2 Å². The molecule has 0 saturated heterocycles. The quantitative estimate of drug-likeness (QED) is 0.455. The van der Waals surface area contributed by atoms with Crippen LogP contribution in [0.4, 0.5) is 5.69 Å². The van der Waals surface area contributed by atoms with Gasteiger partial charge in [-0.3, -0.25) is 14.9 Å². The van der Waals surface area contributed by atoms with Crippen molar-refractivity contribution in [1.29, 1.82) is 0 Å². The van der Waals surface area contributed by atoms with Crippen LogP contribution in [-0.4, -0.2) is 31.1 Å². The summed E-state index contributed by atoms with van der Waals surface area (Å²) in [6.07, 6.45) is 0.195. The van der Waals surface area contributed by atoms with Gasteiger partial charge in [-0.05, 0) is 12.0 Å². The molecule has 7 nitrogen and oxygen atoms in total. The Morgan fingerprint density at radius 3 is 2.47 bits per heavy atom. The number of esters is 2. The average molecular weight is 267 g/mol. The summed E-state index contributed by atoms with van der Waals surface area (Å²) in [6.45, 7) is 0. The van der Waals surface area contributed by atoms with Crippen molar-refractivity contribution in [3.63, 3.8) is 0 Å². The molecular weight excluding hydrogens is 254 g/mol. The summed E-state index contributed by atoms with van der Waals surface area (Å²) in [4.78, 5) is 32.9. The van der Waals surface area contributed by atoms with Gasteiger partial charge in [-0.15, -0.1) is 0 Å². The number of methoxy groups -OCH3 is 2. The first kappa shape index (κ1) is 14.6. The lowest BCUT2D eigenvalue weighted by Crippen LogP contribution is -2.11. The predicted octanol–water partition coefficient (Wildman–Crippen LogP) is 1.49. The Kier molecular flexibility index (Phi) is 4.99. The lowest BCUT2D eigenvalue weighted by Gasteiger charge is -2.07. The maximum atomic E-state index is 11.6. The SMILES string of the molecule is COC(=O)CCc1cccc([N+](=O)[O-])c1C(=O)OC. The van der Waals surface area contributed by atoms with E-state index in [0.29, 0.717) is 5.56 Å². The van der Waals surface area contributed by atoms with Crippen LogP contribution in [-0.2, 0) is 20.7 Å². The lowest BCUT2D eigenvalue weighted by molar-refractivity contribution is -0.385. The van der Waals surface area contributed by atoms with Crippen molar-refractivity contribution in [1.82, 2.24) is 0 Å². The van der Waals surface area contributed by atoms with Gasteiger partial charge in [0.05, 0.1) is 19.1 Å². The third kappa shape index (κ3) is 3.51. The average Bonchev–Trinajstić information content (AvgIpc) is 2.43. The monoisotopic (exact) mass is 267 g/mol. The van der Waals surface area contributed by atoms with Crippen LogP contribution in [0.1, 0.15) is 22.3 Å². The molecule has 0 aliphatic heterocycles. The molecule has 0 aromatic heterocycles. The highest BCUT2D eigenvalue weighted by atomic mass is 16.6. The molecule has 0 bridgehead atoms. The van der Waals surface area contributed by atoms with Crippen LogP contribution >= 0.6 is 0 Å². The Morgan fingerprint density at radius 1 is 1.26 bits per heavy atom. The Bertz CT molecular complexity index is 511. The van der Waals surface area contributed by atoms with Crippen LogP contribution in [0.25, 0.3) is 0 Å². The number of nitro groups is 1. The number of hydrogen-bond acceptors (Lipinski definition) is 6. The van der Waals surface area contributed by atoms with Gasteiger partial charge in [-0.25, -0.2) is 4.79 Å². The number of hydrogen-bond donors (Lipinski definition) is 0. The van der Waals surface area contributed by atoms with Gasteiger partial charge in [0.1, 0.15) is 5.56 Å². The van der Waals surface area contributed by atoms with Gasteiger partial charge >= 0.3 is 11.9 Å². The zero-order chi connectivity index (χ0) is 14.4. The third-order valence-corrected chi connectivity index (χ3v) is 2.54. The van der Waals surface area contributed by atoms with Gasteiger partial charge in [0.15, 0.2) is 0 Å². The van der Waals surface area contributed by atoms with Gasteiger partial charge in [-0.2, -0.15) is 0 Å². The first-order valence-electron chi connectivity index (χ1n) is 5.42. The van der Waals surface area contributed by atoms with E-state index in [1.165, 1.54) is 19.2 Å². The normalized spacial score (nSPS) is 9.79. The van der Waals surface area contributed by atoms with E-state index in [2.05, 4.69) is 9.47 Å². The molecule has 0 atom stereocenters. The summed E-state index contributed by atoms with van der Waals surface area (Å²) >= 11 is 0. The van der Waals surface area contributed by atoms with E-state index >= 15 is 0 Å². The van der Waals surface area contributed by atoms with Crippen molar-refractivity contribution in [2.75, 3.05) is 14.2 Å². The zero-order valence-electron chi connectivity index (χ0n) is 10.5. The number of benzene rings is 1. The number of ether oxygens (including phenoxy) is 2. The van der Waals surface area contributed by atoms with Crippen LogP contribution in [0.5, 0.6) is 0 Å². The molecule has 0 aliphatic rings. The molecule has 1 aromatic carbocycles. The first-order chi connectivity index (χ1) is 9.01. The molecule has 1 rings (SSSR count). The third-order valence-electron chi connectivity index (χ3n) is 2.54. The molecule has 19 heavy (non-hydrogen) atoms. The Morgan fingerprint density at radius 2 is 1.95 bits per heavy atom. The fraction of sp³-hybridized carbons (Fsp3) is 0.333. The highest BCUT2D eigenvalue weighted by molar-refractivity contribution is 5.95. The van der Waals surface area contributed by atoms with Gasteiger partial charge in [0.25, 0.3) is 5.69 Å². The molecule has 0 aliphatic carbocycles. The van der Waals surface area contributed by atoms with Gasteiger partial charge in [0.2, 0.25) is 0 Å². The summed E-state index contributed by atoms with van der Waals surface area (Å²) in [6, 6.07) is 4.22. The molecule has 0 saturated carbocycles. The molecule has 0 heterocycles. The highest BCUT2D eigenvalue weighted by Crippen LogP contribution is 2.24. The maximum absolute atomic E-state index is 11.6. The minimum atomic E-state index is -0.799. The largest absolute Gasteiger partial charge is 0.469 e. The van der Waals surface area contributed by atoms with Gasteiger partial charge < -0.3 is 9.47 Å². The molecule has 1 aromatic rings. The van der Waals surface area contributed by atoms with E-state index in [1.807, 2.05) is 0 Å². The molecule has 0 radical (unpaired) electrons. The summed E-state index contributed by atoms with van der Waals surface area (Å²) in [5, 5.41) is 10.9. The lowest BCUT2D eigenvalue weighted by atomic mass is 10.0. The van der Waals surface area contributed by atoms with E-state index in [-0.39, 0.29) is 24.1 Å². The molecule has 0 unspecified atom stereocenters. The number of carbonyl (C=O) groups is 2. The molecule has 0 fully saturated rings. The van der Waals surface area contributed by atoms with Crippen LogP contribution in [0, 0.1) is 10.1 Å². The van der Waals surface area contributed by atoms with E-state index < -0.39 is 16.9 Å². The fourth-order valence-electron chi connectivity index (χ4n) is 1.62. The minimum Gasteiger partial charge on any atom is -0.469 e. The number of aryl methyl sites for hydroxylation is 1. The number of nitro benzene ring substituents is 1. The second kappa shape index (κ2) is 6.48. The van der Waals surface area contributed by atoms with Crippen molar-refractivity contribution in [3.05, 3.63) is 39.4 Å². The molecular formula is C12H13NO6. The Hall–Kier alpha value is -2.44. The van der Waals surface area contributed by atoms with Crippen molar-refractivity contribution in [3.8, 4) is 0 Å². The van der Waals surface area contributed by atoms with Crippen molar-refractivity contribution in [2.24, 2.45) is 0 Å². The number of rotatable bonds is 5. The molecule has 7 heteroatoms. The van der Waals surface area contributed by atoms with E-state index in [4.69, 9.17) is 0 Å². The van der Waals surface area contributed by atoms with Crippen molar-refractivity contribution < 1.29 is 24.0 Å². The molecule has 0 amide bonds. The summed E-state index contributed by atoms with van der Waals surface area (Å²) in [5.74, 6) is -1.26. The number of nitrogens with zero attached hydrogens (tertiary/aromatic N) is 1. The van der Waals surface area contributed by atoms with Crippen LogP contribution < -0.4 is 0 Å². The second-order valence-corrected chi connectivity index (χ2v) is 3.64. The second-order valence-electron chi connectivity index (χ2n) is 3.64. The summed E-state index contributed by atoms with van der Waals surface area (Å²) in [5.41, 5.74) is -0.0837. The smallest absolute Gasteiger partial charge is 0.345 e. The van der Waals surface area contributed by atoms with Gasteiger partial charge in [0, 0.05) is 12.5 Å². The standard InChI is InChI=1S/C12H13NO6/c1-18-10(14)7-6-8-4-3-5-9(13(16)17)11(8)12(15)19-2/h3-5H,6-7H2,1-2H3. The summed E-state index contributed by atoms with van der Waals surface area (Å²) < 4.78 is 9.03. The summed E-state index contributed by atoms with van der Waals surface area (Å²) in [7, 11) is 2.39. The molecule has 0 spiro atoms. The molecule has 0 N–H and O–H groups in total. The zero-order valence-corrected chi connectivity index (χ0v) is 10.5. The highest BCUT2D eigenvalue weighted by Gasteiger charge is 2.24. The van der Waals surface area contributed by atoms with Crippen molar-refractivity contribution >= 4 is 17.6 Å². The maximum Gasteiger partial charge on any atom is 0.345 e. The van der Waals surface area contributed by atoms with E-state index in [1.54, 1.807) is 6.07 Å². The fourth-order valence-corrected chi connectivity index (χ4v) is 1.62. The van der Waals surface area contributed by atoms with Gasteiger partial charge in [-0.1, -0.05) is 12.1 Å². The van der Waals surface area contributed by atoms with E-state index in [0.717, 1.165) is 7.11 Å². The minimum absolute atomic E-state index is 0.0294. The predicted molar refractivity (Wildman–Crippen MR) is 64.8 cm³/mol. The Labute approximate surface area is 109 Å². The topological polar surface area (TPSA) is 95.7 Å². The van der Waals surface area contributed by atoms with Crippen LogP contribution in [0.2, 0.25) is 0 Å². The molecule has 102 valence electrons. The van der Waals surface area contributed by atoms with Crippen LogP contribution in [0.3, 0.4) is 0 Å². The Balaban J connectivity index is 3.15. The van der Waals surface area contributed by atoms with Crippen molar-refractivity contribution in [2.45, 2.75) is 12.8 Å².